The Balaban J connectivity index is 2.14. The second-order valence-electron chi connectivity index (χ2n) is 6.58. The van der Waals surface area contributed by atoms with Gasteiger partial charge in [0.2, 0.25) is 0 Å². The quantitative estimate of drug-likeness (QED) is 0.682. The number of methoxy groups -OCH3 is 1. The van der Waals surface area contributed by atoms with E-state index in [0.29, 0.717) is 5.69 Å². The van der Waals surface area contributed by atoms with E-state index >= 15 is 0 Å². The third kappa shape index (κ3) is 4.12. The number of nitrogens with zero attached hydrogens (tertiary/aromatic N) is 2. The van der Waals surface area contributed by atoms with Crippen molar-refractivity contribution in [3.8, 4) is 0 Å². The van der Waals surface area contributed by atoms with Gasteiger partial charge in [-0.1, -0.05) is 33.1 Å². The molecule has 0 aliphatic heterocycles. The molecular weight excluding hydrogens is 294 g/mol. The van der Waals surface area contributed by atoms with Crippen LogP contribution in [0.5, 0.6) is 0 Å². The van der Waals surface area contributed by atoms with Crippen LogP contribution < -0.4 is 5.32 Å². The summed E-state index contributed by atoms with van der Waals surface area (Å²) >= 11 is 0. The largest absolute Gasteiger partial charge is 0.469 e. The Morgan fingerprint density at radius 2 is 2.00 bits per heavy atom. The van der Waals surface area contributed by atoms with Crippen LogP contribution >= 0.6 is 0 Å². The van der Waals surface area contributed by atoms with Gasteiger partial charge >= 0.3 is 5.97 Å². The van der Waals surface area contributed by atoms with Gasteiger partial charge in [-0.2, -0.15) is 5.10 Å². The minimum absolute atomic E-state index is 0.171. The van der Waals surface area contributed by atoms with Crippen LogP contribution in [0, 0.1) is 5.92 Å². The molecule has 0 bridgehead atoms. The lowest BCUT2D eigenvalue weighted by atomic mass is 9.94. The lowest BCUT2D eigenvalue weighted by Gasteiger charge is -2.24. The molecule has 0 aromatic carbocycles. The van der Waals surface area contributed by atoms with E-state index in [-0.39, 0.29) is 29.8 Å². The summed E-state index contributed by atoms with van der Waals surface area (Å²) in [4.78, 5) is 24.6. The van der Waals surface area contributed by atoms with Gasteiger partial charge in [0, 0.05) is 13.1 Å². The average molecular weight is 321 g/mol. The number of carbonyl (C=O) groups is 2. The zero-order valence-corrected chi connectivity index (χ0v) is 14.5. The van der Waals surface area contributed by atoms with Crippen LogP contribution in [-0.2, 0) is 16.6 Å². The van der Waals surface area contributed by atoms with Crippen LogP contribution in [-0.4, -0.2) is 34.8 Å². The van der Waals surface area contributed by atoms with Gasteiger partial charge in [0.1, 0.15) is 5.69 Å². The highest BCUT2D eigenvalue weighted by Crippen LogP contribution is 2.25. The maximum atomic E-state index is 12.6. The molecular formula is C17H27N3O3. The zero-order valence-electron chi connectivity index (χ0n) is 14.5. The minimum Gasteiger partial charge on any atom is -0.469 e. The Bertz CT molecular complexity index is 565. The molecule has 1 aliphatic carbocycles. The van der Waals surface area contributed by atoms with Crippen molar-refractivity contribution in [2.75, 3.05) is 7.11 Å². The molecule has 0 spiro atoms. The summed E-state index contributed by atoms with van der Waals surface area (Å²) < 4.78 is 6.52. The summed E-state index contributed by atoms with van der Waals surface area (Å²) in [5.74, 6) is -0.398. The van der Waals surface area contributed by atoms with Gasteiger partial charge in [-0.3, -0.25) is 14.3 Å². The maximum absolute atomic E-state index is 12.6. The van der Waals surface area contributed by atoms with Gasteiger partial charge in [-0.25, -0.2) is 0 Å². The molecule has 1 N–H and O–H groups in total. The van der Waals surface area contributed by atoms with Crippen molar-refractivity contribution < 1.29 is 14.3 Å². The monoisotopic (exact) mass is 321 g/mol. The van der Waals surface area contributed by atoms with Crippen molar-refractivity contribution in [2.45, 2.75) is 57.9 Å². The van der Waals surface area contributed by atoms with E-state index in [0.717, 1.165) is 37.8 Å². The van der Waals surface area contributed by atoms with E-state index in [9.17, 15) is 9.59 Å². The van der Waals surface area contributed by atoms with Crippen LogP contribution in [0.4, 0.5) is 0 Å². The molecule has 6 nitrogen and oxygen atoms in total. The van der Waals surface area contributed by atoms with Gasteiger partial charge in [-0.05, 0) is 24.8 Å². The smallest absolute Gasteiger partial charge is 0.310 e. The number of nitrogens with one attached hydrogen (secondary N) is 1. The molecule has 23 heavy (non-hydrogen) atoms. The van der Waals surface area contributed by atoms with E-state index in [4.69, 9.17) is 4.74 Å². The molecule has 2 atom stereocenters. The Hall–Kier alpha value is -1.85. The van der Waals surface area contributed by atoms with Gasteiger partial charge in [-0.15, -0.1) is 0 Å². The Morgan fingerprint density at radius 3 is 2.61 bits per heavy atom. The summed E-state index contributed by atoms with van der Waals surface area (Å²) in [6, 6.07) is 1.65. The average Bonchev–Trinajstić information content (AvgIpc) is 2.76. The third-order valence-corrected chi connectivity index (χ3v) is 4.56. The third-order valence-electron chi connectivity index (χ3n) is 4.56. The van der Waals surface area contributed by atoms with Crippen molar-refractivity contribution in [1.29, 1.82) is 0 Å². The van der Waals surface area contributed by atoms with E-state index < -0.39 is 0 Å². The van der Waals surface area contributed by atoms with Crippen LogP contribution in [0.2, 0.25) is 0 Å². The highest BCUT2D eigenvalue weighted by Gasteiger charge is 2.32. The maximum Gasteiger partial charge on any atom is 0.310 e. The van der Waals surface area contributed by atoms with Crippen molar-refractivity contribution in [2.24, 2.45) is 13.0 Å². The second kappa shape index (κ2) is 7.62. The number of amides is 1. The standard InChI is InChI=1S/C17H27N3O3/c1-11(2)14-10-15(20(3)19-14)16(21)18-13-9-7-5-6-8-12(13)17(22)23-4/h10-13H,5-9H2,1-4H3,(H,18,21). The number of rotatable bonds is 4. The first kappa shape index (κ1) is 17.5. The Labute approximate surface area is 137 Å². The molecule has 1 amide bonds. The van der Waals surface area contributed by atoms with Gasteiger partial charge in [0.15, 0.2) is 0 Å². The van der Waals surface area contributed by atoms with Gasteiger partial charge in [0.05, 0.1) is 18.7 Å². The number of aromatic nitrogens is 2. The lowest BCUT2D eigenvalue weighted by Crippen LogP contribution is -2.43. The molecule has 1 aliphatic rings. The number of carbonyl (C=O) groups excluding carboxylic acids is 2. The number of esters is 1. The van der Waals surface area contributed by atoms with Crippen molar-refractivity contribution in [1.82, 2.24) is 15.1 Å². The molecule has 1 saturated carbocycles. The van der Waals surface area contributed by atoms with E-state index in [2.05, 4.69) is 10.4 Å². The lowest BCUT2D eigenvalue weighted by molar-refractivity contribution is -0.146. The normalized spacial score (nSPS) is 21.8. The summed E-state index contributed by atoms with van der Waals surface area (Å²) in [6.07, 6.45) is 4.67. The summed E-state index contributed by atoms with van der Waals surface area (Å²) in [5.41, 5.74) is 1.42. The first-order valence-electron chi connectivity index (χ1n) is 8.36. The summed E-state index contributed by atoms with van der Waals surface area (Å²) in [5, 5.41) is 7.41. The molecule has 1 aromatic rings. The molecule has 1 heterocycles. The van der Waals surface area contributed by atoms with E-state index in [1.54, 1.807) is 11.7 Å². The van der Waals surface area contributed by atoms with Gasteiger partial charge in [0.25, 0.3) is 5.91 Å². The molecule has 0 saturated heterocycles. The summed E-state index contributed by atoms with van der Waals surface area (Å²) in [7, 11) is 3.17. The van der Waals surface area contributed by atoms with Crippen LogP contribution in [0.3, 0.4) is 0 Å². The SMILES string of the molecule is COC(=O)C1CCCCCC1NC(=O)c1cc(C(C)C)nn1C. The molecule has 2 rings (SSSR count). The van der Waals surface area contributed by atoms with Gasteiger partial charge < -0.3 is 10.1 Å². The fraction of sp³-hybridized carbons (Fsp3) is 0.706. The fourth-order valence-corrected chi connectivity index (χ4v) is 3.14. The van der Waals surface area contributed by atoms with Crippen molar-refractivity contribution >= 4 is 11.9 Å². The molecule has 1 aromatic heterocycles. The fourth-order valence-electron chi connectivity index (χ4n) is 3.14. The first-order valence-corrected chi connectivity index (χ1v) is 8.36. The molecule has 1 fully saturated rings. The van der Waals surface area contributed by atoms with Crippen LogP contribution in [0.25, 0.3) is 0 Å². The predicted octanol–water partition coefficient (Wildman–Crippen LogP) is 2.40. The minimum atomic E-state index is -0.260. The second-order valence-corrected chi connectivity index (χ2v) is 6.58. The topological polar surface area (TPSA) is 73.2 Å². The summed E-state index contributed by atoms with van der Waals surface area (Å²) in [6.45, 7) is 4.09. The van der Waals surface area contributed by atoms with E-state index in [1.165, 1.54) is 7.11 Å². The molecule has 0 radical (unpaired) electrons. The predicted molar refractivity (Wildman–Crippen MR) is 87.1 cm³/mol. The highest BCUT2D eigenvalue weighted by molar-refractivity contribution is 5.93. The van der Waals surface area contributed by atoms with E-state index in [1.807, 2.05) is 19.9 Å². The number of hydrogen-bond donors (Lipinski definition) is 1. The van der Waals surface area contributed by atoms with Crippen molar-refractivity contribution in [3.63, 3.8) is 0 Å². The van der Waals surface area contributed by atoms with Crippen LogP contribution in [0.15, 0.2) is 6.07 Å². The van der Waals surface area contributed by atoms with Crippen LogP contribution in [0.1, 0.15) is 68.1 Å². The molecule has 6 heteroatoms. The molecule has 128 valence electrons. The molecule has 2 unspecified atom stereocenters. The zero-order chi connectivity index (χ0) is 17.0. The van der Waals surface area contributed by atoms with Crippen molar-refractivity contribution in [3.05, 3.63) is 17.5 Å². The Kier molecular flexibility index (Phi) is 5.80. The number of aryl methyl sites for hydroxylation is 1. The highest BCUT2D eigenvalue weighted by atomic mass is 16.5. The number of ether oxygens (including phenoxy) is 1. The first-order chi connectivity index (χ1) is 10.9. The number of hydrogen-bond acceptors (Lipinski definition) is 4. The Morgan fingerprint density at radius 1 is 1.30 bits per heavy atom.